The molecule has 0 aromatic heterocycles. The Labute approximate surface area is 149 Å². The van der Waals surface area contributed by atoms with Crippen LogP contribution in [0, 0.1) is 40.4 Å². The van der Waals surface area contributed by atoms with Crippen LogP contribution < -0.4 is 0 Å². The van der Waals surface area contributed by atoms with Crippen LogP contribution in [-0.4, -0.2) is 10.7 Å². The van der Waals surface area contributed by atoms with Crippen molar-refractivity contribution in [3.8, 4) is 0 Å². The zero-order chi connectivity index (χ0) is 17.3. The topological polar surface area (TPSA) is 20.2 Å². The van der Waals surface area contributed by atoms with Crippen LogP contribution in [0.25, 0.3) is 0 Å². The molecular weight excluding hydrogens is 292 g/mol. The zero-order valence-corrected chi connectivity index (χ0v) is 16.6. The molecule has 4 saturated carbocycles. The lowest BCUT2D eigenvalue weighted by Gasteiger charge is -2.63. The van der Waals surface area contributed by atoms with E-state index in [0.29, 0.717) is 10.8 Å². The predicted molar refractivity (Wildman–Crippen MR) is 101 cm³/mol. The van der Waals surface area contributed by atoms with E-state index < -0.39 is 5.60 Å². The Kier molecular flexibility index (Phi) is 3.82. The van der Waals surface area contributed by atoms with Crippen LogP contribution >= 0.6 is 0 Å². The van der Waals surface area contributed by atoms with Crippen LogP contribution in [0.5, 0.6) is 0 Å². The molecule has 0 heterocycles. The first-order chi connectivity index (χ1) is 11.2. The molecule has 4 rings (SSSR count). The molecule has 0 unspecified atom stereocenters. The maximum Gasteiger partial charge on any atom is 0.0622 e. The van der Waals surface area contributed by atoms with Crippen LogP contribution in [0.2, 0.25) is 0 Å². The Balaban J connectivity index is 1.68. The molecule has 4 aliphatic rings. The average Bonchev–Trinajstić information content (AvgIpc) is 2.85. The molecule has 1 N–H and O–H groups in total. The fraction of sp³-hybridized carbons (Fsp3) is 0.913. The second-order valence-electron chi connectivity index (χ2n) is 10.7. The van der Waals surface area contributed by atoms with Gasteiger partial charge in [0, 0.05) is 0 Å². The van der Waals surface area contributed by atoms with Crippen molar-refractivity contribution in [3.63, 3.8) is 0 Å². The minimum absolute atomic E-state index is 0.411. The second-order valence-corrected chi connectivity index (χ2v) is 10.7. The summed E-state index contributed by atoms with van der Waals surface area (Å²) in [7, 11) is 0. The van der Waals surface area contributed by atoms with E-state index in [-0.39, 0.29) is 0 Å². The quantitative estimate of drug-likeness (QED) is 0.542. The molecule has 0 bridgehead atoms. The van der Waals surface area contributed by atoms with E-state index in [2.05, 4.69) is 40.7 Å². The van der Waals surface area contributed by atoms with Gasteiger partial charge >= 0.3 is 0 Å². The summed E-state index contributed by atoms with van der Waals surface area (Å²) in [6, 6.07) is 0. The van der Waals surface area contributed by atoms with Crippen LogP contribution in [0.15, 0.2) is 11.6 Å². The number of hydrogen-bond donors (Lipinski definition) is 1. The molecule has 4 fully saturated rings. The lowest BCUT2D eigenvalue weighted by Crippen LogP contribution is -2.57. The first kappa shape index (κ1) is 17.1. The average molecular weight is 331 g/mol. The van der Waals surface area contributed by atoms with E-state index in [0.717, 1.165) is 42.4 Å². The van der Waals surface area contributed by atoms with E-state index in [1.165, 1.54) is 38.5 Å². The second kappa shape index (κ2) is 5.35. The summed E-state index contributed by atoms with van der Waals surface area (Å²) >= 11 is 0. The molecule has 0 saturated heterocycles. The summed E-state index contributed by atoms with van der Waals surface area (Å²) < 4.78 is 0. The van der Waals surface area contributed by atoms with Gasteiger partial charge in [-0.25, -0.2) is 0 Å². The molecular formula is C23H38O. The van der Waals surface area contributed by atoms with Crippen molar-refractivity contribution in [1.29, 1.82) is 0 Å². The Morgan fingerprint density at radius 1 is 1.04 bits per heavy atom. The normalized spacial score (nSPS) is 58.9. The molecule has 24 heavy (non-hydrogen) atoms. The van der Waals surface area contributed by atoms with Gasteiger partial charge in [0.05, 0.1) is 5.60 Å². The highest BCUT2D eigenvalue weighted by atomic mass is 16.3. The number of fused-ring (bicyclic) bond motifs is 5. The third kappa shape index (κ3) is 2.22. The van der Waals surface area contributed by atoms with Gasteiger partial charge in [0.25, 0.3) is 0 Å². The van der Waals surface area contributed by atoms with Crippen molar-refractivity contribution >= 4 is 0 Å². The number of aliphatic hydroxyl groups is 1. The van der Waals surface area contributed by atoms with Gasteiger partial charge in [-0.3, -0.25) is 0 Å². The van der Waals surface area contributed by atoms with E-state index >= 15 is 0 Å². The molecule has 4 aliphatic carbocycles. The molecule has 0 spiro atoms. The summed E-state index contributed by atoms with van der Waals surface area (Å²) in [5, 5.41) is 10.7. The zero-order valence-electron chi connectivity index (χ0n) is 16.6. The van der Waals surface area contributed by atoms with Gasteiger partial charge in [-0.15, -0.1) is 0 Å². The van der Waals surface area contributed by atoms with Crippen molar-refractivity contribution in [1.82, 2.24) is 0 Å². The third-order valence-electron chi connectivity index (χ3n) is 9.51. The Morgan fingerprint density at radius 3 is 2.50 bits per heavy atom. The van der Waals surface area contributed by atoms with Gasteiger partial charge < -0.3 is 5.11 Å². The highest BCUT2D eigenvalue weighted by Crippen LogP contribution is 2.68. The van der Waals surface area contributed by atoms with Crippen molar-refractivity contribution in [3.05, 3.63) is 11.6 Å². The lowest BCUT2D eigenvalue weighted by molar-refractivity contribution is -0.157. The Bertz CT molecular complexity index is 546. The third-order valence-corrected chi connectivity index (χ3v) is 9.51. The Hall–Kier alpha value is -0.300. The summed E-state index contributed by atoms with van der Waals surface area (Å²) in [6.45, 7) is 12.1. The van der Waals surface area contributed by atoms with E-state index in [4.69, 9.17) is 0 Å². The van der Waals surface area contributed by atoms with Crippen molar-refractivity contribution in [2.24, 2.45) is 40.4 Å². The molecule has 0 amide bonds. The smallest absolute Gasteiger partial charge is 0.0622 e. The molecule has 0 radical (unpaired) electrons. The number of rotatable bonds is 0. The molecule has 0 aliphatic heterocycles. The summed E-state index contributed by atoms with van der Waals surface area (Å²) in [4.78, 5) is 0. The first-order valence-corrected chi connectivity index (χ1v) is 10.6. The molecule has 0 aromatic rings. The predicted octanol–water partition coefficient (Wildman–Crippen LogP) is 5.97. The standard InChI is InChI=1S/C23H38O/c1-6-16-7-8-18-20-15(2)13-17-14-21(3,24)11-12-23(17,5)19(20)9-10-22(16,18)4/h6,15,17-20,24H,7-14H2,1-5H3/b16-6-/t15-,17+,18+,19+,20+,21-,22-,23+/m1/s1. The van der Waals surface area contributed by atoms with Gasteiger partial charge in [-0.2, -0.15) is 0 Å². The van der Waals surface area contributed by atoms with E-state index in [1.54, 1.807) is 5.57 Å². The van der Waals surface area contributed by atoms with Gasteiger partial charge in [-0.05, 0) is 106 Å². The van der Waals surface area contributed by atoms with Gasteiger partial charge in [0.15, 0.2) is 0 Å². The maximum absolute atomic E-state index is 10.7. The fourth-order valence-electron chi connectivity index (χ4n) is 8.14. The van der Waals surface area contributed by atoms with Gasteiger partial charge in [0.2, 0.25) is 0 Å². The summed E-state index contributed by atoms with van der Waals surface area (Å²) in [6.07, 6.45) is 12.7. The van der Waals surface area contributed by atoms with Crippen LogP contribution in [0.4, 0.5) is 0 Å². The summed E-state index contributed by atoms with van der Waals surface area (Å²) in [5.41, 5.74) is 2.33. The Morgan fingerprint density at radius 2 is 1.79 bits per heavy atom. The van der Waals surface area contributed by atoms with E-state index in [1.807, 2.05) is 0 Å². The molecule has 1 nitrogen and oxygen atoms in total. The van der Waals surface area contributed by atoms with Gasteiger partial charge in [0.1, 0.15) is 0 Å². The number of allylic oxidation sites excluding steroid dienone is 2. The van der Waals surface area contributed by atoms with Crippen LogP contribution in [-0.2, 0) is 0 Å². The van der Waals surface area contributed by atoms with Crippen molar-refractivity contribution < 1.29 is 5.11 Å². The highest BCUT2D eigenvalue weighted by Gasteiger charge is 2.61. The molecule has 0 aromatic carbocycles. The minimum atomic E-state index is -0.411. The van der Waals surface area contributed by atoms with Crippen LogP contribution in [0.1, 0.15) is 86.0 Å². The fourth-order valence-corrected chi connectivity index (χ4v) is 8.14. The highest BCUT2D eigenvalue weighted by molar-refractivity contribution is 5.24. The molecule has 1 heteroatoms. The summed E-state index contributed by atoms with van der Waals surface area (Å²) in [5.74, 6) is 4.31. The largest absolute Gasteiger partial charge is 0.390 e. The van der Waals surface area contributed by atoms with Crippen molar-refractivity contribution in [2.45, 2.75) is 91.6 Å². The minimum Gasteiger partial charge on any atom is -0.390 e. The SMILES string of the molecule is C/C=C1/CC[C@H]2[C@@H]3[C@H](C)C[C@H]4C[C@](C)(O)CC[C@]4(C)[C@H]3CC[C@]12C. The van der Waals surface area contributed by atoms with Crippen molar-refractivity contribution in [2.75, 3.05) is 0 Å². The monoisotopic (exact) mass is 330 g/mol. The van der Waals surface area contributed by atoms with Gasteiger partial charge in [-0.1, -0.05) is 32.4 Å². The lowest BCUT2D eigenvalue weighted by atomic mass is 9.42. The maximum atomic E-state index is 10.7. The molecule has 8 atom stereocenters. The number of hydrogen-bond acceptors (Lipinski definition) is 1. The van der Waals surface area contributed by atoms with E-state index in [9.17, 15) is 5.11 Å². The first-order valence-electron chi connectivity index (χ1n) is 10.6. The van der Waals surface area contributed by atoms with Crippen LogP contribution in [0.3, 0.4) is 0 Å². The molecule has 136 valence electrons.